The Bertz CT molecular complexity index is 752. The minimum absolute atomic E-state index is 0.0676. The maximum absolute atomic E-state index is 12.5. The van der Waals surface area contributed by atoms with Gasteiger partial charge in [-0.3, -0.25) is 14.6 Å². The molecule has 2 aromatic heterocycles. The standard InChI is InChI=1S/C21H27N3O3S/c25-19-9-13-24(20(26)5-1-3-17-4-2-14-28-17)15-18(19)21(27)23-12-8-16-6-10-22-11-7-16/h2,4,6-7,10-11,14,18-19,25H,1,3,5,8-9,12-13,15H2,(H,23,27)/t18-,19+/m0/s1. The van der Waals surface area contributed by atoms with Crippen LogP contribution in [0.15, 0.2) is 42.0 Å². The number of carbonyl (C=O) groups is 2. The van der Waals surface area contributed by atoms with Crippen molar-refractivity contribution >= 4 is 23.2 Å². The Balaban J connectivity index is 1.43. The highest BCUT2D eigenvalue weighted by molar-refractivity contribution is 7.09. The number of nitrogens with zero attached hydrogens (tertiary/aromatic N) is 2. The molecule has 0 unspecified atom stereocenters. The van der Waals surface area contributed by atoms with E-state index in [-0.39, 0.29) is 11.8 Å². The lowest BCUT2D eigenvalue weighted by atomic mass is 9.93. The Morgan fingerprint density at radius 2 is 2.07 bits per heavy atom. The first-order chi connectivity index (χ1) is 13.6. The minimum atomic E-state index is -0.698. The second-order valence-electron chi connectivity index (χ2n) is 7.13. The molecule has 28 heavy (non-hydrogen) atoms. The van der Waals surface area contributed by atoms with Crippen molar-refractivity contribution in [3.05, 3.63) is 52.5 Å². The highest BCUT2D eigenvalue weighted by atomic mass is 32.1. The summed E-state index contributed by atoms with van der Waals surface area (Å²) in [6, 6.07) is 7.93. The van der Waals surface area contributed by atoms with Gasteiger partial charge in [-0.15, -0.1) is 11.3 Å². The second kappa shape index (κ2) is 10.3. The van der Waals surface area contributed by atoms with Gasteiger partial charge in [-0.2, -0.15) is 0 Å². The van der Waals surface area contributed by atoms with Crippen LogP contribution in [0, 0.1) is 5.92 Å². The van der Waals surface area contributed by atoms with Crippen molar-refractivity contribution in [1.82, 2.24) is 15.2 Å². The van der Waals surface area contributed by atoms with E-state index < -0.39 is 12.0 Å². The molecule has 1 fully saturated rings. The fourth-order valence-electron chi connectivity index (χ4n) is 3.46. The lowest BCUT2D eigenvalue weighted by Crippen LogP contribution is -2.51. The third-order valence-corrected chi connectivity index (χ3v) is 6.06. The predicted molar refractivity (Wildman–Crippen MR) is 109 cm³/mol. The number of likely N-dealkylation sites (tertiary alicyclic amines) is 1. The molecule has 0 saturated carbocycles. The third kappa shape index (κ3) is 5.87. The molecule has 3 heterocycles. The summed E-state index contributed by atoms with van der Waals surface area (Å²) < 4.78 is 0. The van der Waals surface area contributed by atoms with Gasteiger partial charge in [0.1, 0.15) is 0 Å². The molecular weight excluding hydrogens is 374 g/mol. The summed E-state index contributed by atoms with van der Waals surface area (Å²) >= 11 is 1.71. The molecule has 7 heteroatoms. The van der Waals surface area contributed by atoms with E-state index in [4.69, 9.17) is 0 Å². The van der Waals surface area contributed by atoms with Gasteiger partial charge >= 0.3 is 0 Å². The number of rotatable bonds is 8. The summed E-state index contributed by atoms with van der Waals surface area (Å²) in [4.78, 5) is 32.0. The Hall–Kier alpha value is -2.25. The van der Waals surface area contributed by atoms with E-state index in [9.17, 15) is 14.7 Å². The summed E-state index contributed by atoms with van der Waals surface area (Å²) in [6.45, 7) is 1.31. The van der Waals surface area contributed by atoms with Crippen LogP contribution in [0.25, 0.3) is 0 Å². The van der Waals surface area contributed by atoms with Crippen LogP contribution in [0.2, 0.25) is 0 Å². The van der Waals surface area contributed by atoms with Gasteiger partial charge in [0.15, 0.2) is 0 Å². The fourth-order valence-corrected chi connectivity index (χ4v) is 4.21. The number of aliphatic hydroxyl groups is 1. The van der Waals surface area contributed by atoms with E-state index in [0.717, 1.165) is 18.4 Å². The maximum Gasteiger partial charge on any atom is 0.227 e. The van der Waals surface area contributed by atoms with Gasteiger partial charge in [-0.25, -0.2) is 0 Å². The number of aryl methyl sites for hydroxylation is 1. The number of pyridine rings is 1. The van der Waals surface area contributed by atoms with Crippen LogP contribution >= 0.6 is 11.3 Å². The normalized spacial score (nSPS) is 19.4. The van der Waals surface area contributed by atoms with Gasteiger partial charge in [0.2, 0.25) is 11.8 Å². The SMILES string of the molecule is O=C(NCCc1ccncc1)[C@H]1CN(C(=O)CCCc2cccs2)CC[C@H]1O. The van der Waals surface area contributed by atoms with Crippen molar-refractivity contribution in [3.63, 3.8) is 0 Å². The summed E-state index contributed by atoms with van der Waals surface area (Å²) in [6.07, 6.45) is 6.09. The first-order valence-electron chi connectivity index (χ1n) is 9.78. The second-order valence-corrected chi connectivity index (χ2v) is 8.16. The van der Waals surface area contributed by atoms with Gasteiger partial charge in [0.05, 0.1) is 12.0 Å². The van der Waals surface area contributed by atoms with Crippen molar-refractivity contribution < 1.29 is 14.7 Å². The summed E-state index contributed by atoms with van der Waals surface area (Å²) in [5, 5.41) is 15.2. The van der Waals surface area contributed by atoms with E-state index in [0.29, 0.717) is 38.9 Å². The molecule has 1 saturated heterocycles. The molecule has 0 radical (unpaired) electrons. The number of aromatic nitrogens is 1. The average molecular weight is 402 g/mol. The molecule has 0 bridgehead atoms. The van der Waals surface area contributed by atoms with E-state index in [1.165, 1.54) is 4.88 Å². The number of piperidine rings is 1. The summed E-state index contributed by atoms with van der Waals surface area (Å²) in [7, 11) is 0. The number of thiophene rings is 1. The topological polar surface area (TPSA) is 82.5 Å². The molecule has 6 nitrogen and oxygen atoms in total. The molecule has 0 aromatic carbocycles. The van der Waals surface area contributed by atoms with Gasteiger partial charge in [0, 0.05) is 43.3 Å². The molecule has 2 aromatic rings. The van der Waals surface area contributed by atoms with E-state index in [1.54, 1.807) is 28.6 Å². The van der Waals surface area contributed by atoms with Crippen LogP contribution in [0.1, 0.15) is 29.7 Å². The number of hydrogen-bond acceptors (Lipinski definition) is 5. The first kappa shape index (κ1) is 20.5. The molecular formula is C21H27N3O3S. The molecule has 1 aliphatic rings. The molecule has 2 amide bonds. The van der Waals surface area contributed by atoms with Crippen molar-refractivity contribution in [3.8, 4) is 0 Å². The number of amides is 2. The van der Waals surface area contributed by atoms with Gasteiger partial charge in [0.25, 0.3) is 0 Å². The van der Waals surface area contributed by atoms with Crippen LogP contribution < -0.4 is 5.32 Å². The van der Waals surface area contributed by atoms with Gasteiger partial charge in [-0.1, -0.05) is 6.07 Å². The quantitative estimate of drug-likeness (QED) is 0.709. The minimum Gasteiger partial charge on any atom is -0.392 e. The van der Waals surface area contributed by atoms with Crippen LogP contribution in [0.5, 0.6) is 0 Å². The zero-order valence-electron chi connectivity index (χ0n) is 15.9. The zero-order chi connectivity index (χ0) is 19.8. The molecule has 150 valence electrons. The molecule has 0 spiro atoms. The predicted octanol–water partition coefficient (Wildman–Crippen LogP) is 2.03. The third-order valence-electron chi connectivity index (χ3n) is 5.12. The van der Waals surface area contributed by atoms with Gasteiger partial charge < -0.3 is 15.3 Å². The first-order valence-corrected chi connectivity index (χ1v) is 10.7. The van der Waals surface area contributed by atoms with E-state index in [2.05, 4.69) is 16.4 Å². The number of hydrogen-bond donors (Lipinski definition) is 2. The smallest absolute Gasteiger partial charge is 0.227 e. The summed E-state index contributed by atoms with van der Waals surface area (Å²) in [5.74, 6) is -0.678. The number of aliphatic hydroxyl groups excluding tert-OH is 1. The summed E-state index contributed by atoms with van der Waals surface area (Å²) in [5.41, 5.74) is 1.10. The molecule has 2 N–H and O–H groups in total. The van der Waals surface area contributed by atoms with Crippen LogP contribution in [0.4, 0.5) is 0 Å². The van der Waals surface area contributed by atoms with E-state index in [1.807, 2.05) is 23.6 Å². The largest absolute Gasteiger partial charge is 0.392 e. The van der Waals surface area contributed by atoms with Crippen LogP contribution in [-0.2, 0) is 22.4 Å². The Morgan fingerprint density at radius 1 is 1.25 bits per heavy atom. The lowest BCUT2D eigenvalue weighted by molar-refractivity contribution is -0.140. The number of carbonyl (C=O) groups excluding carboxylic acids is 2. The maximum atomic E-state index is 12.5. The highest BCUT2D eigenvalue weighted by Crippen LogP contribution is 2.19. The molecule has 2 atom stereocenters. The van der Waals surface area contributed by atoms with Crippen molar-refractivity contribution in [2.45, 2.75) is 38.2 Å². The van der Waals surface area contributed by atoms with Crippen LogP contribution in [0.3, 0.4) is 0 Å². The molecule has 3 rings (SSSR count). The van der Waals surface area contributed by atoms with Crippen molar-refractivity contribution in [2.75, 3.05) is 19.6 Å². The lowest BCUT2D eigenvalue weighted by Gasteiger charge is -2.35. The monoisotopic (exact) mass is 401 g/mol. The Morgan fingerprint density at radius 3 is 2.82 bits per heavy atom. The van der Waals surface area contributed by atoms with Crippen molar-refractivity contribution in [1.29, 1.82) is 0 Å². The Kier molecular flexibility index (Phi) is 7.56. The van der Waals surface area contributed by atoms with Gasteiger partial charge in [-0.05, 0) is 54.8 Å². The molecule has 0 aliphatic carbocycles. The van der Waals surface area contributed by atoms with Crippen molar-refractivity contribution in [2.24, 2.45) is 5.92 Å². The Labute approximate surface area is 169 Å². The molecule has 1 aliphatic heterocycles. The average Bonchev–Trinajstić information content (AvgIpc) is 3.22. The number of nitrogens with one attached hydrogen (secondary N) is 1. The fraction of sp³-hybridized carbons (Fsp3) is 0.476. The highest BCUT2D eigenvalue weighted by Gasteiger charge is 2.34. The van der Waals surface area contributed by atoms with E-state index >= 15 is 0 Å². The van der Waals surface area contributed by atoms with Crippen LogP contribution in [-0.4, -0.2) is 52.5 Å². The zero-order valence-corrected chi connectivity index (χ0v) is 16.7.